The molecule has 102 valence electrons. The number of fused-ring (bicyclic) bond motifs is 1. The molecule has 4 heteroatoms. The molecule has 0 amide bonds. The van der Waals surface area contributed by atoms with Gasteiger partial charge in [-0.3, -0.25) is 0 Å². The normalized spacial score (nSPS) is 30.6. The number of rotatable bonds is 3. The highest BCUT2D eigenvalue weighted by Gasteiger charge is 2.90. The minimum atomic E-state index is -3.24. The first-order valence-electron chi connectivity index (χ1n) is 6.58. The average molecular weight is 305 g/mol. The summed E-state index contributed by atoms with van der Waals surface area (Å²) in [5, 5.41) is 0.683. The number of sulfone groups is 1. The minimum absolute atomic E-state index is 0.160. The zero-order valence-electron chi connectivity index (χ0n) is 10.7. The Balaban J connectivity index is 1.73. The molecule has 0 spiro atoms. The Kier molecular flexibility index (Phi) is 2.27. The van der Waals surface area contributed by atoms with Crippen molar-refractivity contribution in [2.75, 3.05) is 0 Å². The maximum Gasteiger partial charge on any atom is 0.185 e. The van der Waals surface area contributed by atoms with E-state index in [0.29, 0.717) is 9.92 Å². The zero-order valence-corrected chi connectivity index (χ0v) is 12.3. The second-order valence-corrected chi connectivity index (χ2v) is 8.45. The van der Waals surface area contributed by atoms with Crippen molar-refractivity contribution >= 4 is 21.4 Å². The molecule has 0 N–H and O–H groups in total. The summed E-state index contributed by atoms with van der Waals surface area (Å²) in [5.41, 5.74) is 0.938. The predicted molar refractivity (Wildman–Crippen MR) is 78.7 cm³/mol. The van der Waals surface area contributed by atoms with Gasteiger partial charge in [0.15, 0.2) is 9.84 Å². The summed E-state index contributed by atoms with van der Waals surface area (Å²) in [7, 11) is -3.24. The Morgan fingerprint density at radius 2 is 1.50 bits per heavy atom. The smallest absolute Gasteiger partial charge is 0.185 e. The highest BCUT2D eigenvalue weighted by Crippen LogP contribution is 2.83. The lowest BCUT2D eigenvalue weighted by atomic mass is 10.0. The third kappa shape index (κ3) is 1.37. The SMILES string of the molecule is O=S(=O)(c1ccccc1)C12CC1(c1ccc(Cl)cc1)C2. The maximum absolute atomic E-state index is 12.8. The van der Waals surface area contributed by atoms with E-state index in [2.05, 4.69) is 0 Å². The fraction of sp³-hybridized carbons (Fsp3) is 0.250. The van der Waals surface area contributed by atoms with E-state index in [4.69, 9.17) is 11.6 Å². The lowest BCUT2D eigenvalue weighted by molar-refractivity contribution is 0.587. The first-order valence-corrected chi connectivity index (χ1v) is 8.44. The summed E-state index contributed by atoms with van der Waals surface area (Å²) in [4.78, 5) is 0.438. The highest BCUT2D eigenvalue weighted by molar-refractivity contribution is 7.93. The van der Waals surface area contributed by atoms with Gasteiger partial charge in [0.05, 0.1) is 9.64 Å². The molecule has 2 fully saturated rings. The minimum Gasteiger partial charge on any atom is -0.223 e. The van der Waals surface area contributed by atoms with Gasteiger partial charge in [0, 0.05) is 10.4 Å². The molecule has 0 saturated heterocycles. The number of hydrogen-bond acceptors (Lipinski definition) is 2. The Hall–Kier alpha value is -1.32. The number of halogens is 1. The van der Waals surface area contributed by atoms with Crippen LogP contribution in [0.3, 0.4) is 0 Å². The molecule has 0 atom stereocenters. The van der Waals surface area contributed by atoms with Gasteiger partial charge < -0.3 is 0 Å². The van der Waals surface area contributed by atoms with Crippen LogP contribution in [0.25, 0.3) is 0 Å². The molecule has 0 bridgehead atoms. The van der Waals surface area contributed by atoms with Crippen LogP contribution in [0.2, 0.25) is 5.02 Å². The standard InChI is InChI=1S/C16H13ClO2S/c17-13-8-6-12(7-9-13)15-10-16(15,11-15)20(18,19)14-4-2-1-3-5-14/h1-9H,10-11H2. The van der Waals surface area contributed by atoms with Crippen molar-refractivity contribution in [3.63, 3.8) is 0 Å². The van der Waals surface area contributed by atoms with E-state index in [9.17, 15) is 8.42 Å². The van der Waals surface area contributed by atoms with Gasteiger partial charge in [0.2, 0.25) is 0 Å². The van der Waals surface area contributed by atoms with Crippen molar-refractivity contribution in [2.24, 2.45) is 0 Å². The first kappa shape index (κ1) is 12.4. The van der Waals surface area contributed by atoms with E-state index in [1.807, 2.05) is 30.3 Å². The third-order valence-corrected chi connectivity index (χ3v) is 7.61. The molecule has 0 radical (unpaired) electrons. The molecule has 2 saturated carbocycles. The van der Waals surface area contributed by atoms with Gasteiger partial charge in [-0.15, -0.1) is 0 Å². The summed E-state index contributed by atoms with van der Waals surface area (Å²) in [6.45, 7) is 0. The van der Waals surface area contributed by atoms with Gasteiger partial charge in [-0.1, -0.05) is 41.9 Å². The Bertz CT molecular complexity index is 773. The molecule has 2 aromatic rings. The van der Waals surface area contributed by atoms with Crippen LogP contribution in [0.15, 0.2) is 59.5 Å². The molecule has 20 heavy (non-hydrogen) atoms. The number of hydrogen-bond donors (Lipinski definition) is 0. The van der Waals surface area contributed by atoms with E-state index in [1.54, 1.807) is 24.3 Å². The van der Waals surface area contributed by atoms with E-state index < -0.39 is 14.6 Å². The summed E-state index contributed by atoms with van der Waals surface area (Å²) in [5.74, 6) is 0. The monoisotopic (exact) mass is 304 g/mol. The summed E-state index contributed by atoms with van der Waals surface area (Å²) >= 11 is 5.90. The molecule has 0 aliphatic heterocycles. The van der Waals surface area contributed by atoms with Gasteiger partial charge >= 0.3 is 0 Å². The van der Waals surface area contributed by atoms with Crippen molar-refractivity contribution in [3.05, 3.63) is 65.2 Å². The van der Waals surface area contributed by atoms with Crippen LogP contribution in [0.5, 0.6) is 0 Å². The number of benzene rings is 2. The molecular weight excluding hydrogens is 292 g/mol. The van der Waals surface area contributed by atoms with Crippen molar-refractivity contribution in [1.82, 2.24) is 0 Å². The van der Waals surface area contributed by atoms with E-state index >= 15 is 0 Å². The summed E-state index contributed by atoms with van der Waals surface area (Å²) in [6, 6.07) is 16.3. The van der Waals surface area contributed by atoms with Gasteiger partial charge in [-0.05, 0) is 42.7 Å². The van der Waals surface area contributed by atoms with Crippen LogP contribution in [0, 0.1) is 0 Å². The largest absolute Gasteiger partial charge is 0.223 e. The second-order valence-electron chi connectivity index (χ2n) is 5.75. The second kappa shape index (κ2) is 3.66. The van der Waals surface area contributed by atoms with Crippen molar-refractivity contribution in [1.29, 1.82) is 0 Å². The average Bonchev–Trinajstić information content (AvgIpc) is 3.28. The van der Waals surface area contributed by atoms with Crippen LogP contribution in [0.1, 0.15) is 18.4 Å². The van der Waals surface area contributed by atoms with Crippen LogP contribution in [-0.4, -0.2) is 13.2 Å². The molecule has 0 unspecified atom stereocenters. The van der Waals surface area contributed by atoms with Crippen molar-refractivity contribution in [2.45, 2.75) is 27.9 Å². The van der Waals surface area contributed by atoms with Gasteiger partial charge in [-0.25, -0.2) is 8.42 Å². The predicted octanol–water partition coefficient (Wildman–Crippen LogP) is 3.60. The summed E-state index contributed by atoms with van der Waals surface area (Å²) in [6.07, 6.45) is 1.47. The van der Waals surface area contributed by atoms with E-state index in [1.165, 1.54) is 0 Å². The van der Waals surface area contributed by atoms with Crippen LogP contribution < -0.4 is 0 Å². The Morgan fingerprint density at radius 3 is 2.10 bits per heavy atom. The van der Waals surface area contributed by atoms with E-state index in [-0.39, 0.29) is 5.41 Å². The molecule has 2 aromatic carbocycles. The van der Waals surface area contributed by atoms with Crippen LogP contribution in [-0.2, 0) is 15.3 Å². The Morgan fingerprint density at radius 1 is 0.900 bits per heavy atom. The maximum atomic E-state index is 12.8. The fourth-order valence-corrected chi connectivity index (χ4v) is 5.94. The first-order chi connectivity index (χ1) is 9.52. The van der Waals surface area contributed by atoms with Gasteiger partial charge in [0.25, 0.3) is 0 Å². The highest BCUT2D eigenvalue weighted by atomic mass is 35.5. The lowest BCUT2D eigenvalue weighted by Crippen LogP contribution is -2.14. The molecule has 0 aromatic heterocycles. The fourth-order valence-electron chi connectivity index (χ4n) is 3.34. The van der Waals surface area contributed by atoms with Crippen LogP contribution >= 0.6 is 11.6 Å². The summed E-state index contributed by atoms with van der Waals surface area (Å²) < 4.78 is 25.0. The molecule has 2 aliphatic carbocycles. The van der Waals surface area contributed by atoms with Crippen molar-refractivity contribution in [3.8, 4) is 0 Å². The molecular formula is C16H13ClO2S. The van der Waals surface area contributed by atoms with Crippen LogP contribution in [0.4, 0.5) is 0 Å². The third-order valence-electron chi connectivity index (χ3n) is 4.76. The Labute approximate surface area is 123 Å². The zero-order chi connectivity index (χ0) is 14.0. The molecule has 2 aliphatic rings. The molecule has 2 nitrogen and oxygen atoms in total. The van der Waals surface area contributed by atoms with E-state index in [0.717, 1.165) is 18.4 Å². The molecule has 0 heterocycles. The topological polar surface area (TPSA) is 34.1 Å². The molecule has 4 rings (SSSR count). The quantitative estimate of drug-likeness (QED) is 0.868. The van der Waals surface area contributed by atoms with Gasteiger partial charge in [0.1, 0.15) is 0 Å². The van der Waals surface area contributed by atoms with Crippen molar-refractivity contribution < 1.29 is 8.42 Å². The van der Waals surface area contributed by atoms with Gasteiger partial charge in [-0.2, -0.15) is 0 Å². The lowest BCUT2D eigenvalue weighted by Gasteiger charge is -2.05.